The third-order valence-electron chi connectivity index (χ3n) is 5.11. The highest BCUT2D eigenvalue weighted by Gasteiger charge is 2.27. The number of methoxy groups -OCH3 is 2. The van der Waals surface area contributed by atoms with E-state index in [1.807, 2.05) is 6.92 Å². The van der Waals surface area contributed by atoms with Crippen molar-refractivity contribution in [1.82, 2.24) is 20.5 Å². The van der Waals surface area contributed by atoms with E-state index in [0.29, 0.717) is 34.7 Å². The number of aromatic amines is 1. The number of carbonyl (C=O) groups is 1. The number of rotatable bonds is 10. The third-order valence-corrected chi connectivity index (χ3v) is 5.11. The number of nitrogens with one attached hydrogen (secondary N) is 2. The monoisotopic (exact) mass is 466 g/mol. The summed E-state index contributed by atoms with van der Waals surface area (Å²) < 4.78 is 16.6. The molecule has 3 rings (SSSR count). The van der Waals surface area contributed by atoms with Gasteiger partial charge in [0, 0.05) is 5.69 Å². The molecule has 1 aromatic carbocycles. The highest BCUT2D eigenvalue weighted by Crippen LogP contribution is 2.46. The Hall–Kier alpha value is -4.26. The Morgan fingerprint density at radius 1 is 1.21 bits per heavy atom. The van der Waals surface area contributed by atoms with E-state index in [2.05, 4.69) is 26.4 Å². The summed E-state index contributed by atoms with van der Waals surface area (Å²) in [4.78, 5) is 27.7. The fourth-order valence-corrected chi connectivity index (χ4v) is 3.52. The number of carbonyl (C=O) groups excluding carboxylic acids is 1. The predicted molar refractivity (Wildman–Crippen MR) is 125 cm³/mol. The average molecular weight is 466 g/mol. The number of nitrogens with zero attached hydrogens (tertiary/aromatic N) is 2. The van der Waals surface area contributed by atoms with E-state index < -0.39 is 11.5 Å². The van der Waals surface area contributed by atoms with Gasteiger partial charge in [-0.15, -0.1) is 16.6 Å². The molecule has 0 radical (unpaired) electrons. The molecule has 0 aliphatic heterocycles. The number of ether oxygens (including phenoxy) is 2. The van der Waals surface area contributed by atoms with Crippen LogP contribution >= 0.6 is 0 Å². The van der Waals surface area contributed by atoms with E-state index in [4.69, 9.17) is 20.3 Å². The van der Waals surface area contributed by atoms with E-state index in [9.17, 15) is 14.7 Å². The topological polar surface area (TPSA) is 140 Å². The van der Waals surface area contributed by atoms with Crippen LogP contribution in [0.2, 0.25) is 0 Å². The molecule has 0 bridgehead atoms. The van der Waals surface area contributed by atoms with Gasteiger partial charge in [0.15, 0.2) is 0 Å². The number of aromatic nitrogens is 3. The highest BCUT2D eigenvalue weighted by atomic mass is 16.5. The lowest BCUT2D eigenvalue weighted by atomic mass is 9.96. The second kappa shape index (κ2) is 11.0. The van der Waals surface area contributed by atoms with E-state index >= 15 is 0 Å². The molecular formula is C24H26N4O6. The SMILES string of the molecule is C#CCNC(=O)Cc1nnc(-c2c(O)c(-c3c(OC)cccc3OC)c(CCCC)[nH]c2=O)o1. The zero-order chi connectivity index (χ0) is 24.7. The third kappa shape index (κ3) is 5.04. The Morgan fingerprint density at radius 2 is 1.91 bits per heavy atom. The van der Waals surface area contributed by atoms with Crippen LogP contribution in [0.1, 0.15) is 31.4 Å². The lowest BCUT2D eigenvalue weighted by molar-refractivity contribution is -0.120. The van der Waals surface area contributed by atoms with Crippen LogP contribution in [0.15, 0.2) is 27.4 Å². The summed E-state index contributed by atoms with van der Waals surface area (Å²) in [6.07, 6.45) is 7.05. The van der Waals surface area contributed by atoms with Gasteiger partial charge in [-0.1, -0.05) is 25.3 Å². The van der Waals surface area contributed by atoms with Gasteiger partial charge in [0.1, 0.15) is 29.2 Å². The second-order valence-electron chi connectivity index (χ2n) is 7.33. The first-order valence-corrected chi connectivity index (χ1v) is 10.7. The van der Waals surface area contributed by atoms with Gasteiger partial charge in [-0.05, 0) is 25.0 Å². The van der Waals surface area contributed by atoms with Gasteiger partial charge in [0.25, 0.3) is 11.4 Å². The van der Waals surface area contributed by atoms with Crippen LogP contribution in [0.25, 0.3) is 22.6 Å². The van der Waals surface area contributed by atoms with Crippen molar-refractivity contribution in [3.05, 3.63) is 40.1 Å². The first-order chi connectivity index (χ1) is 16.4. The molecule has 3 N–H and O–H groups in total. The van der Waals surface area contributed by atoms with E-state index in [-0.39, 0.29) is 36.1 Å². The Kier molecular flexibility index (Phi) is 7.92. The summed E-state index contributed by atoms with van der Waals surface area (Å²) >= 11 is 0. The van der Waals surface area contributed by atoms with Gasteiger partial charge in [0.05, 0.1) is 31.9 Å². The minimum Gasteiger partial charge on any atom is -0.506 e. The molecule has 0 saturated heterocycles. The van der Waals surface area contributed by atoms with E-state index in [1.54, 1.807) is 18.2 Å². The van der Waals surface area contributed by atoms with Crippen LogP contribution in [-0.4, -0.2) is 47.0 Å². The Morgan fingerprint density at radius 3 is 2.53 bits per heavy atom. The average Bonchev–Trinajstić information content (AvgIpc) is 3.28. The van der Waals surface area contributed by atoms with Crippen molar-refractivity contribution >= 4 is 5.91 Å². The van der Waals surface area contributed by atoms with Crippen LogP contribution in [0.4, 0.5) is 0 Å². The van der Waals surface area contributed by atoms with Crippen LogP contribution in [0, 0.1) is 12.3 Å². The molecular weight excluding hydrogens is 440 g/mol. The number of amides is 1. The van der Waals surface area contributed by atoms with Gasteiger partial charge in [-0.25, -0.2) is 0 Å². The summed E-state index contributed by atoms with van der Waals surface area (Å²) in [6.45, 7) is 2.08. The van der Waals surface area contributed by atoms with Crippen molar-refractivity contribution in [3.8, 4) is 52.2 Å². The first-order valence-electron chi connectivity index (χ1n) is 10.7. The number of aryl methyl sites for hydroxylation is 1. The number of pyridine rings is 1. The molecule has 2 heterocycles. The molecule has 10 heteroatoms. The Balaban J connectivity index is 2.17. The maximum absolute atomic E-state index is 13.0. The Labute approximate surface area is 196 Å². The van der Waals surface area contributed by atoms with E-state index in [0.717, 1.165) is 12.8 Å². The Bertz CT molecular complexity index is 1250. The maximum Gasteiger partial charge on any atom is 0.264 e. The zero-order valence-electron chi connectivity index (χ0n) is 19.2. The highest BCUT2D eigenvalue weighted by molar-refractivity contribution is 5.87. The van der Waals surface area contributed by atoms with Gasteiger partial charge in [-0.2, -0.15) is 0 Å². The molecule has 0 aliphatic carbocycles. The van der Waals surface area contributed by atoms with Crippen molar-refractivity contribution in [2.45, 2.75) is 32.6 Å². The molecule has 34 heavy (non-hydrogen) atoms. The van der Waals surface area contributed by atoms with Crippen molar-refractivity contribution in [3.63, 3.8) is 0 Å². The zero-order valence-corrected chi connectivity index (χ0v) is 19.2. The molecule has 2 aromatic heterocycles. The second-order valence-corrected chi connectivity index (χ2v) is 7.33. The standard InChI is InChI=1S/C24H26N4O6/c1-5-7-9-14-19(20-15(32-3)10-8-11-16(20)33-4)22(30)21(23(31)26-14)24-28-27-18(34-24)13-17(29)25-12-6-2/h2,8,10-11H,5,7,9,12-13H2,1,3-4H3,(H,25,29)(H2,26,30,31). The number of unbranched alkanes of at least 4 members (excludes halogenated alkanes) is 1. The largest absolute Gasteiger partial charge is 0.506 e. The molecule has 0 aliphatic rings. The molecule has 178 valence electrons. The summed E-state index contributed by atoms with van der Waals surface area (Å²) in [5.41, 5.74) is 0.509. The van der Waals surface area contributed by atoms with Crippen molar-refractivity contribution < 1.29 is 23.8 Å². The van der Waals surface area contributed by atoms with Gasteiger partial charge >= 0.3 is 0 Å². The lowest BCUT2D eigenvalue weighted by Gasteiger charge is -2.18. The van der Waals surface area contributed by atoms with Crippen molar-refractivity contribution in [2.24, 2.45) is 0 Å². The van der Waals surface area contributed by atoms with Crippen LogP contribution in [-0.2, 0) is 17.6 Å². The number of H-pyrrole nitrogens is 1. The molecule has 0 atom stereocenters. The summed E-state index contributed by atoms with van der Waals surface area (Å²) in [5, 5.41) is 21.5. The fourth-order valence-electron chi connectivity index (χ4n) is 3.52. The van der Waals surface area contributed by atoms with Crippen LogP contribution in [0.3, 0.4) is 0 Å². The maximum atomic E-state index is 13.0. The molecule has 0 spiro atoms. The van der Waals surface area contributed by atoms with E-state index in [1.165, 1.54) is 14.2 Å². The minimum atomic E-state index is -0.604. The summed E-state index contributed by atoms with van der Waals surface area (Å²) in [5.74, 6) is 2.15. The molecule has 1 amide bonds. The molecule has 3 aromatic rings. The number of benzene rings is 1. The fraction of sp³-hybridized carbons (Fsp3) is 0.333. The summed E-state index contributed by atoms with van der Waals surface area (Å²) in [7, 11) is 3.01. The number of hydrogen-bond acceptors (Lipinski definition) is 8. The predicted octanol–water partition coefficient (Wildman–Crippen LogP) is 2.45. The van der Waals surface area contributed by atoms with Crippen molar-refractivity contribution in [2.75, 3.05) is 20.8 Å². The normalized spacial score (nSPS) is 10.5. The molecule has 10 nitrogen and oxygen atoms in total. The number of aromatic hydroxyl groups is 1. The van der Waals surface area contributed by atoms with Crippen LogP contribution < -0.4 is 20.3 Å². The van der Waals surface area contributed by atoms with Crippen molar-refractivity contribution in [1.29, 1.82) is 0 Å². The molecule has 0 unspecified atom stereocenters. The van der Waals surface area contributed by atoms with Crippen LogP contribution in [0.5, 0.6) is 17.2 Å². The lowest BCUT2D eigenvalue weighted by Crippen LogP contribution is -2.25. The molecule has 0 saturated carbocycles. The first kappa shape index (κ1) is 24.4. The number of terminal acetylenes is 1. The van der Waals surface area contributed by atoms with Gasteiger partial charge < -0.3 is 29.3 Å². The minimum absolute atomic E-state index is 0.0326. The quantitative estimate of drug-likeness (QED) is 0.387. The smallest absolute Gasteiger partial charge is 0.264 e. The van der Waals surface area contributed by atoms with Gasteiger partial charge in [-0.3, -0.25) is 9.59 Å². The number of hydrogen-bond donors (Lipinski definition) is 3. The van der Waals surface area contributed by atoms with Gasteiger partial charge in [0.2, 0.25) is 11.8 Å². The summed E-state index contributed by atoms with van der Waals surface area (Å²) in [6, 6.07) is 5.21. The molecule has 0 fully saturated rings.